The van der Waals surface area contributed by atoms with Crippen molar-refractivity contribution in [2.75, 3.05) is 4.72 Å². The fraction of sp³-hybridized carbons (Fsp3) is 0.118. The number of primary amides is 1. The summed E-state index contributed by atoms with van der Waals surface area (Å²) >= 11 is 0. The molecule has 0 saturated carbocycles. The Morgan fingerprint density at radius 2 is 1.58 bits per heavy atom. The Bertz CT molecular complexity index is 949. The van der Waals surface area contributed by atoms with Crippen molar-refractivity contribution < 1.29 is 18.0 Å². The average molecular weight is 374 g/mol. The van der Waals surface area contributed by atoms with Crippen LogP contribution in [0.3, 0.4) is 0 Å². The summed E-state index contributed by atoms with van der Waals surface area (Å²) in [7, 11) is -3.68. The van der Waals surface area contributed by atoms with E-state index in [0.717, 1.165) is 5.56 Å². The van der Waals surface area contributed by atoms with Crippen LogP contribution >= 0.6 is 0 Å². The number of sulfonamides is 1. The summed E-state index contributed by atoms with van der Waals surface area (Å²) in [5.74, 6) is -2.16. The number of hydrazone groups is 1. The van der Waals surface area contributed by atoms with Gasteiger partial charge in [-0.05, 0) is 43.7 Å². The molecule has 0 aliphatic heterocycles. The Hall–Kier alpha value is -3.20. The van der Waals surface area contributed by atoms with Crippen LogP contribution < -0.4 is 15.9 Å². The largest absolute Gasteiger partial charge is 0.361 e. The number of anilines is 1. The third-order valence-electron chi connectivity index (χ3n) is 3.44. The highest BCUT2D eigenvalue weighted by atomic mass is 32.2. The fourth-order valence-electron chi connectivity index (χ4n) is 1.97. The van der Waals surface area contributed by atoms with E-state index in [-0.39, 0.29) is 4.90 Å². The van der Waals surface area contributed by atoms with Crippen LogP contribution in [0.4, 0.5) is 5.69 Å². The lowest BCUT2D eigenvalue weighted by Gasteiger charge is -2.09. The molecule has 136 valence electrons. The van der Waals surface area contributed by atoms with Gasteiger partial charge in [-0.1, -0.05) is 29.8 Å². The smallest absolute Gasteiger partial charge is 0.329 e. The predicted octanol–water partition coefficient (Wildman–Crippen LogP) is 1.12. The predicted molar refractivity (Wildman–Crippen MR) is 98.0 cm³/mol. The van der Waals surface area contributed by atoms with E-state index in [2.05, 4.69) is 9.82 Å². The minimum atomic E-state index is -3.68. The van der Waals surface area contributed by atoms with Gasteiger partial charge in [-0.3, -0.25) is 14.3 Å². The molecule has 4 N–H and O–H groups in total. The van der Waals surface area contributed by atoms with Gasteiger partial charge in [-0.2, -0.15) is 5.10 Å². The van der Waals surface area contributed by atoms with Crippen molar-refractivity contribution in [3.63, 3.8) is 0 Å². The van der Waals surface area contributed by atoms with Crippen molar-refractivity contribution >= 4 is 33.2 Å². The number of carbonyl (C=O) groups is 2. The van der Waals surface area contributed by atoms with Gasteiger partial charge in [-0.25, -0.2) is 13.8 Å². The van der Waals surface area contributed by atoms with Crippen LogP contribution in [-0.2, 0) is 19.6 Å². The average Bonchev–Trinajstić information content (AvgIpc) is 2.60. The first-order valence-corrected chi connectivity index (χ1v) is 9.01. The molecule has 0 saturated heterocycles. The van der Waals surface area contributed by atoms with Crippen LogP contribution in [0.2, 0.25) is 0 Å². The first kappa shape index (κ1) is 19.1. The molecule has 0 aliphatic carbocycles. The second kappa shape index (κ2) is 7.79. The zero-order valence-corrected chi connectivity index (χ0v) is 15.0. The zero-order chi connectivity index (χ0) is 19.3. The third-order valence-corrected chi connectivity index (χ3v) is 4.83. The lowest BCUT2D eigenvalue weighted by atomic mass is 10.1. The van der Waals surface area contributed by atoms with E-state index in [1.807, 2.05) is 12.3 Å². The highest BCUT2D eigenvalue weighted by Crippen LogP contribution is 2.17. The number of nitrogens with one attached hydrogen (secondary N) is 2. The molecule has 0 unspecified atom stereocenters. The molecule has 0 spiro atoms. The van der Waals surface area contributed by atoms with Crippen LogP contribution in [0.25, 0.3) is 0 Å². The number of benzene rings is 2. The Balaban J connectivity index is 2.11. The highest BCUT2D eigenvalue weighted by Gasteiger charge is 2.14. The van der Waals surface area contributed by atoms with E-state index in [4.69, 9.17) is 5.73 Å². The summed E-state index contributed by atoms with van der Waals surface area (Å²) in [4.78, 5) is 21.9. The molecular weight excluding hydrogens is 356 g/mol. The molecule has 0 fully saturated rings. The van der Waals surface area contributed by atoms with Crippen molar-refractivity contribution in [1.29, 1.82) is 0 Å². The molecule has 0 atom stereocenters. The van der Waals surface area contributed by atoms with Crippen LogP contribution in [0.15, 0.2) is 58.5 Å². The Morgan fingerprint density at radius 1 is 1.00 bits per heavy atom. The number of nitrogens with two attached hydrogens (primary N) is 1. The number of carbonyl (C=O) groups excluding carboxylic acids is 2. The van der Waals surface area contributed by atoms with E-state index < -0.39 is 21.8 Å². The molecule has 2 rings (SSSR count). The third kappa shape index (κ3) is 4.90. The minimum Gasteiger partial charge on any atom is -0.361 e. The number of aryl methyl sites for hydroxylation is 1. The van der Waals surface area contributed by atoms with Gasteiger partial charge < -0.3 is 5.73 Å². The Kier molecular flexibility index (Phi) is 5.73. The van der Waals surface area contributed by atoms with Gasteiger partial charge in [-0.15, -0.1) is 0 Å². The molecule has 0 bridgehead atoms. The normalized spacial score (nSPS) is 11.7. The summed E-state index contributed by atoms with van der Waals surface area (Å²) in [6.07, 6.45) is 0. The van der Waals surface area contributed by atoms with E-state index >= 15 is 0 Å². The second-order valence-electron chi connectivity index (χ2n) is 5.50. The molecule has 0 heterocycles. The summed E-state index contributed by atoms with van der Waals surface area (Å²) in [5.41, 5.74) is 9.23. The molecule has 2 aromatic carbocycles. The van der Waals surface area contributed by atoms with Crippen molar-refractivity contribution in [1.82, 2.24) is 5.43 Å². The van der Waals surface area contributed by atoms with Crippen LogP contribution in [0.1, 0.15) is 18.1 Å². The molecule has 0 aliphatic rings. The molecule has 2 amide bonds. The zero-order valence-electron chi connectivity index (χ0n) is 14.2. The number of hydrogen-bond donors (Lipinski definition) is 3. The van der Waals surface area contributed by atoms with Crippen molar-refractivity contribution in [3.05, 3.63) is 59.7 Å². The Labute approximate surface area is 151 Å². The van der Waals surface area contributed by atoms with Gasteiger partial charge in [0.15, 0.2) is 0 Å². The summed E-state index contributed by atoms with van der Waals surface area (Å²) in [5, 5.41) is 3.75. The quantitative estimate of drug-likeness (QED) is 0.411. The van der Waals surface area contributed by atoms with Crippen molar-refractivity contribution in [3.8, 4) is 0 Å². The maximum absolute atomic E-state index is 12.3. The van der Waals surface area contributed by atoms with Gasteiger partial charge in [0.25, 0.3) is 10.0 Å². The SMILES string of the molecule is C/C(=N\NC(=O)C(N)=O)c1ccc(NS(=O)(=O)c2ccc(C)cc2)cc1. The topological polar surface area (TPSA) is 131 Å². The highest BCUT2D eigenvalue weighted by molar-refractivity contribution is 7.92. The summed E-state index contributed by atoms with van der Waals surface area (Å²) in [6.45, 7) is 3.49. The van der Waals surface area contributed by atoms with Gasteiger partial charge in [0.2, 0.25) is 0 Å². The maximum atomic E-state index is 12.3. The van der Waals surface area contributed by atoms with Gasteiger partial charge in [0.1, 0.15) is 0 Å². The molecule has 2 aromatic rings. The lowest BCUT2D eigenvalue weighted by molar-refractivity contribution is -0.137. The van der Waals surface area contributed by atoms with Crippen LogP contribution in [-0.4, -0.2) is 25.9 Å². The minimum absolute atomic E-state index is 0.166. The van der Waals surface area contributed by atoms with E-state index in [1.165, 1.54) is 12.1 Å². The first-order chi connectivity index (χ1) is 12.2. The second-order valence-corrected chi connectivity index (χ2v) is 7.18. The van der Waals surface area contributed by atoms with Gasteiger partial charge in [0.05, 0.1) is 10.6 Å². The van der Waals surface area contributed by atoms with E-state index in [0.29, 0.717) is 17.0 Å². The summed E-state index contributed by atoms with van der Waals surface area (Å²) < 4.78 is 27.2. The molecule has 26 heavy (non-hydrogen) atoms. The van der Waals surface area contributed by atoms with Crippen LogP contribution in [0.5, 0.6) is 0 Å². The maximum Gasteiger partial charge on any atom is 0.329 e. The van der Waals surface area contributed by atoms with E-state index in [9.17, 15) is 18.0 Å². The molecule has 8 nitrogen and oxygen atoms in total. The number of hydrogen-bond acceptors (Lipinski definition) is 5. The number of rotatable bonds is 5. The Morgan fingerprint density at radius 3 is 2.12 bits per heavy atom. The molecular formula is C17H18N4O4S. The van der Waals surface area contributed by atoms with Gasteiger partial charge in [0, 0.05) is 5.69 Å². The molecule has 0 aromatic heterocycles. The van der Waals surface area contributed by atoms with Crippen LogP contribution in [0, 0.1) is 6.92 Å². The lowest BCUT2D eigenvalue weighted by Crippen LogP contribution is -2.33. The van der Waals surface area contributed by atoms with Gasteiger partial charge >= 0.3 is 11.8 Å². The number of amides is 2. The fourth-order valence-corrected chi connectivity index (χ4v) is 3.02. The van der Waals surface area contributed by atoms with Crippen molar-refractivity contribution in [2.24, 2.45) is 10.8 Å². The first-order valence-electron chi connectivity index (χ1n) is 7.53. The van der Waals surface area contributed by atoms with Crippen molar-refractivity contribution in [2.45, 2.75) is 18.7 Å². The monoisotopic (exact) mass is 374 g/mol. The molecule has 0 radical (unpaired) electrons. The standard InChI is InChI=1S/C17H18N4O4S/c1-11-3-9-15(10-4-11)26(24,25)21-14-7-5-13(6-8-14)12(2)19-20-17(23)16(18)22/h3-10,21H,1-2H3,(H2,18,22)(H,20,23)/b19-12+. The molecule has 9 heteroatoms. The summed E-state index contributed by atoms with van der Waals surface area (Å²) in [6, 6.07) is 12.9. The van der Waals surface area contributed by atoms with E-state index in [1.54, 1.807) is 43.3 Å². The number of nitrogens with zero attached hydrogens (tertiary/aromatic N) is 1.